The van der Waals surface area contributed by atoms with Crippen LogP contribution in [-0.2, 0) is 10.0 Å². The van der Waals surface area contributed by atoms with Crippen LogP contribution < -0.4 is 10.7 Å². The van der Waals surface area contributed by atoms with Crippen LogP contribution in [0.25, 0.3) is 16.7 Å². The van der Waals surface area contributed by atoms with Crippen molar-refractivity contribution in [1.82, 2.24) is 19.7 Å². The third kappa shape index (κ3) is 2.51. The third-order valence-electron chi connectivity index (χ3n) is 3.02. The number of nitrogens with one attached hydrogen (secondary N) is 1. The smallest absolute Gasteiger partial charge is 0.262 e. The number of thioether (sulfide) groups is 1. The molecule has 0 aliphatic rings. The minimum Gasteiger partial charge on any atom is -0.301 e. The number of rotatable bonds is 3. The van der Waals surface area contributed by atoms with E-state index in [1.54, 1.807) is 18.4 Å². The van der Waals surface area contributed by atoms with E-state index < -0.39 is 10.0 Å². The first kappa shape index (κ1) is 14.8. The average molecular weight is 337 g/mol. The van der Waals surface area contributed by atoms with Crippen molar-refractivity contribution in [3.63, 3.8) is 0 Å². The molecule has 3 aromatic rings. The minimum absolute atomic E-state index is 0.00307. The maximum Gasteiger partial charge on any atom is 0.262 e. The molecule has 0 spiro atoms. The maximum atomic E-state index is 11.9. The molecule has 0 atom stereocenters. The highest BCUT2D eigenvalue weighted by molar-refractivity contribution is 7.98. The van der Waals surface area contributed by atoms with Gasteiger partial charge in [-0.15, -0.1) is 0 Å². The molecule has 0 aliphatic heterocycles. The van der Waals surface area contributed by atoms with E-state index in [-0.39, 0.29) is 10.5 Å². The highest BCUT2D eigenvalue weighted by Crippen LogP contribution is 2.17. The van der Waals surface area contributed by atoms with Crippen LogP contribution in [0, 0.1) is 0 Å². The molecule has 0 fully saturated rings. The van der Waals surface area contributed by atoms with Crippen LogP contribution in [0.2, 0.25) is 0 Å². The number of sulfonamides is 1. The van der Waals surface area contributed by atoms with Crippen molar-refractivity contribution >= 4 is 32.8 Å². The number of benzene rings is 1. The monoisotopic (exact) mass is 337 g/mol. The summed E-state index contributed by atoms with van der Waals surface area (Å²) in [5.74, 6) is 0. The van der Waals surface area contributed by atoms with Crippen molar-refractivity contribution in [2.24, 2.45) is 5.14 Å². The SMILES string of the molecule is CSc1nc2c(cnn2-c2ccc(S(N)(=O)=O)cc2)c(=O)[nH]1. The summed E-state index contributed by atoms with van der Waals surface area (Å²) in [5.41, 5.74) is 0.700. The third-order valence-corrected chi connectivity index (χ3v) is 4.53. The Labute approximate surface area is 129 Å². The predicted molar refractivity (Wildman–Crippen MR) is 82.6 cm³/mol. The number of primary sulfonamides is 1. The van der Waals surface area contributed by atoms with Gasteiger partial charge < -0.3 is 4.98 Å². The fraction of sp³-hybridized carbons (Fsp3) is 0.0833. The summed E-state index contributed by atoms with van der Waals surface area (Å²) in [6, 6.07) is 5.85. The largest absolute Gasteiger partial charge is 0.301 e. The highest BCUT2D eigenvalue weighted by atomic mass is 32.2. The zero-order valence-corrected chi connectivity index (χ0v) is 13.0. The number of H-pyrrole nitrogens is 1. The predicted octanol–water partition coefficient (Wildman–Crippen LogP) is 0.478. The molecule has 0 amide bonds. The lowest BCUT2D eigenvalue weighted by molar-refractivity contribution is 0.598. The van der Waals surface area contributed by atoms with Gasteiger partial charge in [-0.05, 0) is 30.5 Å². The number of hydrogen-bond acceptors (Lipinski definition) is 6. The molecule has 3 rings (SSSR count). The van der Waals surface area contributed by atoms with Crippen molar-refractivity contribution in [3.8, 4) is 5.69 Å². The Hall–Kier alpha value is -2.17. The van der Waals surface area contributed by atoms with Gasteiger partial charge in [0.05, 0.1) is 16.8 Å². The normalized spacial score (nSPS) is 11.9. The first-order chi connectivity index (χ1) is 10.4. The first-order valence-electron chi connectivity index (χ1n) is 6.05. The summed E-state index contributed by atoms with van der Waals surface area (Å²) in [6.07, 6.45) is 3.21. The van der Waals surface area contributed by atoms with Crippen molar-refractivity contribution < 1.29 is 8.42 Å². The molecule has 3 N–H and O–H groups in total. The molecule has 8 nitrogen and oxygen atoms in total. The maximum absolute atomic E-state index is 11.9. The van der Waals surface area contributed by atoms with E-state index in [2.05, 4.69) is 15.1 Å². The van der Waals surface area contributed by atoms with Gasteiger partial charge in [-0.2, -0.15) is 5.10 Å². The second kappa shape index (κ2) is 5.23. The fourth-order valence-electron chi connectivity index (χ4n) is 1.96. The zero-order valence-electron chi connectivity index (χ0n) is 11.3. The fourth-order valence-corrected chi connectivity index (χ4v) is 2.85. The van der Waals surface area contributed by atoms with E-state index >= 15 is 0 Å². The average Bonchev–Trinajstić information content (AvgIpc) is 2.90. The Morgan fingerprint density at radius 1 is 1.27 bits per heavy atom. The highest BCUT2D eigenvalue weighted by Gasteiger charge is 2.12. The standard InChI is InChI=1S/C12H11N5O3S2/c1-21-12-15-10-9(11(18)16-12)6-14-17(10)7-2-4-8(5-3-7)22(13,19)20/h2-6H,1H3,(H2,13,19,20)(H,15,16,18). The van der Waals surface area contributed by atoms with Gasteiger partial charge in [0.15, 0.2) is 10.8 Å². The van der Waals surface area contributed by atoms with E-state index in [0.717, 1.165) is 0 Å². The Morgan fingerprint density at radius 2 is 1.95 bits per heavy atom. The minimum atomic E-state index is -3.75. The molecule has 1 aromatic carbocycles. The quantitative estimate of drug-likeness (QED) is 0.529. The number of aromatic amines is 1. The number of fused-ring (bicyclic) bond motifs is 1. The first-order valence-corrected chi connectivity index (χ1v) is 8.82. The molecule has 0 radical (unpaired) electrons. The van der Waals surface area contributed by atoms with Gasteiger partial charge in [0, 0.05) is 0 Å². The van der Waals surface area contributed by atoms with Crippen LogP contribution >= 0.6 is 11.8 Å². The van der Waals surface area contributed by atoms with E-state index in [1.165, 1.54) is 34.8 Å². The van der Waals surface area contributed by atoms with Gasteiger partial charge in [0.25, 0.3) is 5.56 Å². The summed E-state index contributed by atoms with van der Waals surface area (Å²) in [7, 11) is -3.75. The van der Waals surface area contributed by atoms with Crippen LogP contribution in [-0.4, -0.2) is 34.4 Å². The molecular formula is C12H11N5O3S2. The van der Waals surface area contributed by atoms with Crippen LogP contribution in [0.5, 0.6) is 0 Å². The molecule has 0 bridgehead atoms. The molecule has 22 heavy (non-hydrogen) atoms. The van der Waals surface area contributed by atoms with Crippen LogP contribution in [0.4, 0.5) is 0 Å². The van der Waals surface area contributed by atoms with E-state index in [4.69, 9.17) is 5.14 Å². The summed E-state index contributed by atoms with van der Waals surface area (Å²) >= 11 is 1.31. The molecule has 0 unspecified atom stereocenters. The van der Waals surface area contributed by atoms with E-state index in [9.17, 15) is 13.2 Å². The molecular weight excluding hydrogens is 326 g/mol. The second-order valence-corrected chi connectivity index (χ2v) is 6.76. The van der Waals surface area contributed by atoms with Crippen LogP contribution in [0.1, 0.15) is 0 Å². The van der Waals surface area contributed by atoms with Gasteiger partial charge in [0.1, 0.15) is 5.39 Å². The van der Waals surface area contributed by atoms with Gasteiger partial charge in [-0.1, -0.05) is 11.8 Å². The number of hydrogen-bond donors (Lipinski definition) is 2. The van der Waals surface area contributed by atoms with Gasteiger partial charge in [0.2, 0.25) is 10.0 Å². The van der Waals surface area contributed by atoms with Crippen LogP contribution in [0.15, 0.2) is 45.3 Å². The van der Waals surface area contributed by atoms with Crippen molar-refractivity contribution in [2.75, 3.05) is 6.26 Å². The van der Waals surface area contributed by atoms with Gasteiger partial charge in [-0.25, -0.2) is 23.2 Å². The lowest BCUT2D eigenvalue weighted by Crippen LogP contribution is -2.12. The lowest BCUT2D eigenvalue weighted by Gasteiger charge is -2.04. The van der Waals surface area contributed by atoms with Crippen LogP contribution in [0.3, 0.4) is 0 Å². The molecule has 10 heteroatoms. The van der Waals surface area contributed by atoms with Crippen molar-refractivity contribution in [3.05, 3.63) is 40.8 Å². The molecule has 0 aliphatic carbocycles. The second-order valence-electron chi connectivity index (χ2n) is 4.41. The van der Waals surface area contributed by atoms with Gasteiger partial charge >= 0.3 is 0 Å². The lowest BCUT2D eigenvalue weighted by atomic mass is 10.3. The van der Waals surface area contributed by atoms with E-state index in [0.29, 0.717) is 21.9 Å². The Morgan fingerprint density at radius 3 is 2.55 bits per heavy atom. The Bertz CT molecular complexity index is 1010. The molecule has 2 heterocycles. The molecule has 0 saturated carbocycles. The number of nitrogens with zero attached hydrogens (tertiary/aromatic N) is 3. The Balaban J connectivity index is 2.18. The van der Waals surface area contributed by atoms with Gasteiger partial charge in [-0.3, -0.25) is 4.79 Å². The summed E-state index contributed by atoms with van der Waals surface area (Å²) < 4.78 is 24.0. The number of nitrogens with two attached hydrogens (primary N) is 1. The summed E-state index contributed by atoms with van der Waals surface area (Å²) in [6.45, 7) is 0. The van der Waals surface area contributed by atoms with Crippen molar-refractivity contribution in [2.45, 2.75) is 10.1 Å². The zero-order chi connectivity index (χ0) is 15.9. The molecule has 2 aromatic heterocycles. The summed E-state index contributed by atoms with van der Waals surface area (Å²) in [5, 5.41) is 10.0. The Kier molecular flexibility index (Phi) is 3.51. The van der Waals surface area contributed by atoms with Crippen molar-refractivity contribution in [1.29, 1.82) is 0 Å². The van der Waals surface area contributed by atoms with E-state index in [1.807, 2.05) is 0 Å². The summed E-state index contributed by atoms with van der Waals surface area (Å²) in [4.78, 5) is 18.9. The topological polar surface area (TPSA) is 124 Å². The molecule has 0 saturated heterocycles. The molecule has 114 valence electrons. The number of aromatic nitrogens is 4.